The quantitative estimate of drug-likeness (QED) is 0.756. The second-order valence-electron chi connectivity index (χ2n) is 4.01. The molecule has 0 fully saturated rings. The predicted octanol–water partition coefficient (Wildman–Crippen LogP) is 3.73. The summed E-state index contributed by atoms with van der Waals surface area (Å²) in [6.45, 7) is 6.07. The Labute approximate surface area is 100 Å². The minimum absolute atomic E-state index is 0.673. The van der Waals surface area contributed by atoms with Crippen molar-refractivity contribution in [2.75, 3.05) is 0 Å². The average molecular weight is 230 g/mol. The summed E-state index contributed by atoms with van der Waals surface area (Å²) in [4.78, 5) is 7.67. The first-order valence-corrected chi connectivity index (χ1v) is 5.63. The molecule has 1 aromatic carbocycles. The number of benzene rings is 1. The highest BCUT2D eigenvalue weighted by Crippen LogP contribution is 2.17. The van der Waals surface area contributed by atoms with E-state index in [1.807, 2.05) is 13.8 Å². The van der Waals surface area contributed by atoms with Crippen LogP contribution in [0.25, 0.3) is 11.4 Å². The van der Waals surface area contributed by atoms with Gasteiger partial charge in [-0.2, -0.15) is 0 Å². The molecule has 2 rings (SSSR count). The molecule has 0 aliphatic carbocycles. The number of aryl methyl sites for hydroxylation is 2. The first-order valence-electron chi connectivity index (χ1n) is 5.22. The largest absolute Gasteiger partial charge is 0.343 e. The van der Waals surface area contributed by atoms with Gasteiger partial charge in [0.25, 0.3) is 0 Å². The molecule has 0 saturated heterocycles. The topological polar surface area (TPSA) is 28.7 Å². The fourth-order valence-corrected chi connectivity index (χ4v) is 1.74. The van der Waals surface area contributed by atoms with E-state index >= 15 is 0 Å². The standard InChI is InChI=1S/C13H14N2S/c1-8-4-6-11(7-5-8)12-14-10(3)9(2)13(16)15-12/h4-7H,1-3H3,(H,14,15,16). The lowest BCUT2D eigenvalue weighted by Crippen LogP contribution is -1.96. The van der Waals surface area contributed by atoms with Gasteiger partial charge in [0.1, 0.15) is 10.5 Å². The van der Waals surface area contributed by atoms with Crippen molar-refractivity contribution in [2.24, 2.45) is 0 Å². The van der Waals surface area contributed by atoms with Crippen molar-refractivity contribution >= 4 is 12.2 Å². The molecule has 0 bridgehead atoms. The molecule has 0 spiro atoms. The van der Waals surface area contributed by atoms with Crippen molar-refractivity contribution in [3.8, 4) is 11.4 Å². The Hall–Kier alpha value is -1.48. The number of aromatic amines is 1. The summed E-state index contributed by atoms with van der Waals surface area (Å²) in [6, 6.07) is 8.25. The Morgan fingerprint density at radius 2 is 1.69 bits per heavy atom. The van der Waals surface area contributed by atoms with Crippen molar-refractivity contribution in [1.29, 1.82) is 0 Å². The molecule has 82 valence electrons. The van der Waals surface area contributed by atoms with Gasteiger partial charge in [0.2, 0.25) is 0 Å². The van der Waals surface area contributed by atoms with Crippen LogP contribution in [0.4, 0.5) is 0 Å². The third kappa shape index (κ3) is 2.04. The monoisotopic (exact) mass is 230 g/mol. The molecule has 2 aromatic rings. The van der Waals surface area contributed by atoms with Crippen LogP contribution in [0.3, 0.4) is 0 Å². The lowest BCUT2D eigenvalue weighted by molar-refractivity contribution is 1.06. The molecule has 0 unspecified atom stereocenters. The van der Waals surface area contributed by atoms with E-state index in [0.717, 1.165) is 22.6 Å². The average Bonchev–Trinajstić information content (AvgIpc) is 2.26. The maximum atomic E-state index is 5.22. The minimum atomic E-state index is 0.673. The van der Waals surface area contributed by atoms with E-state index in [4.69, 9.17) is 12.2 Å². The Kier molecular flexibility index (Phi) is 2.88. The second kappa shape index (κ2) is 4.18. The Bertz CT molecular complexity index is 567. The van der Waals surface area contributed by atoms with E-state index in [1.54, 1.807) is 0 Å². The summed E-state index contributed by atoms with van der Waals surface area (Å²) in [7, 11) is 0. The summed E-state index contributed by atoms with van der Waals surface area (Å²) in [5, 5.41) is 0. The SMILES string of the molecule is Cc1ccc(-c2nc(=S)c(C)c(C)[nH]2)cc1. The highest BCUT2D eigenvalue weighted by atomic mass is 32.1. The molecule has 3 heteroatoms. The van der Waals surface area contributed by atoms with E-state index in [2.05, 4.69) is 41.2 Å². The summed E-state index contributed by atoms with van der Waals surface area (Å²) < 4.78 is 0.673. The van der Waals surface area contributed by atoms with Crippen molar-refractivity contribution in [2.45, 2.75) is 20.8 Å². The highest BCUT2D eigenvalue weighted by molar-refractivity contribution is 7.71. The number of rotatable bonds is 1. The summed E-state index contributed by atoms with van der Waals surface area (Å²) in [5.74, 6) is 0.841. The maximum Gasteiger partial charge on any atom is 0.139 e. The lowest BCUT2D eigenvalue weighted by Gasteiger charge is -2.06. The molecular weight excluding hydrogens is 216 g/mol. The Balaban J connectivity index is 2.57. The van der Waals surface area contributed by atoms with Gasteiger partial charge in [0.15, 0.2) is 0 Å². The molecule has 0 radical (unpaired) electrons. The van der Waals surface area contributed by atoms with Crippen LogP contribution >= 0.6 is 12.2 Å². The van der Waals surface area contributed by atoms with Crippen molar-refractivity contribution in [3.63, 3.8) is 0 Å². The van der Waals surface area contributed by atoms with Crippen LogP contribution in [0.1, 0.15) is 16.8 Å². The molecule has 1 heterocycles. The van der Waals surface area contributed by atoms with Crippen LogP contribution in [-0.2, 0) is 0 Å². The molecule has 0 aliphatic heterocycles. The Morgan fingerprint density at radius 3 is 2.25 bits per heavy atom. The van der Waals surface area contributed by atoms with Crippen molar-refractivity contribution < 1.29 is 0 Å². The number of aromatic nitrogens is 2. The lowest BCUT2D eigenvalue weighted by atomic mass is 10.1. The Morgan fingerprint density at radius 1 is 1.06 bits per heavy atom. The van der Waals surface area contributed by atoms with E-state index < -0.39 is 0 Å². The summed E-state index contributed by atoms with van der Waals surface area (Å²) >= 11 is 5.22. The van der Waals surface area contributed by atoms with E-state index in [-0.39, 0.29) is 0 Å². The normalized spacial score (nSPS) is 10.4. The molecule has 0 saturated carbocycles. The summed E-state index contributed by atoms with van der Waals surface area (Å²) in [6.07, 6.45) is 0. The molecule has 16 heavy (non-hydrogen) atoms. The fourth-order valence-electron chi connectivity index (χ4n) is 1.49. The number of nitrogens with zero attached hydrogens (tertiary/aromatic N) is 1. The van der Waals surface area contributed by atoms with Gasteiger partial charge in [-0.1, -0.05) is 42.0 Å². The van der Waals surface area contributed by atoms with Gasteiger partial charge in [0.05, 0.1) is 0 Å². The third-order valence-corrected chi connectivity index (χ3v) is 3.13. The van der Waals surface area contributed by atoms with Gasteiger partial charge in [-0.05, 0) is 20.8 Å². The minimum Gasteiger partial charge on any atom is -0.343 e. The van der Waals surface area contributed by atoms with Crippen LogP contribution in [-0.4, -0.2) is 9.97 Å². The van der Waals surface area contributed by atoms with Crippen LogP contribution in [0, 0.1) is 25.4 Å². The molecular formula is C13H14N2S. The van der Waals surface area contributed by atoms with Gasteiger partial charge in [-0.3, -0.25) is 0 Å². The van der Waals surface area contributed by atoms with Gasteiger partial charge in [-0.25, -0.2) is 4.98 Å². The fraction of sp³-hybridized carbons (Fsp3) is 0.231. The van der Waals surface area contributed by atoms with Crippen LogP contribution in [0.2, 0.25) is 0 Å². The zero-order valence-corrected chi connectivity index (χ0v) is 10.5. The van der Waals surface area contributed by atoms with E-state index in [0.29, 0.717) is 4.64 Å². The van der Waals surface area contributed by atoms with Gasteiger partial charge in [-0.15, -0.1) is 0 Å². The van der Waals surface area contributed by atoms with E-state index in [9.17, 15) is 0 Å². The molecule has 0 aliphatic rings. The van der Waals surface area contributed by atoms with Crippen molar-refractivity contribution in [1.82, 2.24) is 9.97 Å². The predicted molar refractivity (Wildman–Crippen MR) is 69.1 cm³/mol. The third-order valence-electron chi connectivity index (χ3n) is 2.73. The van der Waals surface area contributed by atoms with Gasteiger partial charge >= 0.3 is 0 Å². The van der Waals surface area contributed by atoms with Crippen molar-refractivity contribution in [3.05, 3.63) is 45.7 Å². The smallest absolute Gasteiger partial charge is 0.139 e. The first kappa shape index (κ1) is 11.0. The van der Waals surface area contributed by atoms with Crippen LogP contribution < -0.4 is 0 Å². The molecule has 1 N–H and O–H groups in total. The second-order valence-corrected chi connectivity index (χ2v) is 4.39. The zero-order chi connectivity index (χ0) is 11.7. The first-order chi connectivity index (χ1) is 7.58. The number of hydrogen-bond acceptors (Lipinski definition) is 2. The van der Waals surface area contributed by atoms with E-state index in [1.165, 1.54) is 5.56 Å². The number of H-pyrrole nitrogens is 1. The van der Waals surface area contributed by atoms with Gasteiger partial charge < -0.3 is 4.98 Å². The number of nitrogens with one attached hydrogen (secondary N) is 1. The zero-order valence-electron chi connectivity index (χ0n) is 9.66. The van der Waals surface area contributed by atoms with Crippen LogP contribution in [0.5, 0.6) is 0 Å². The molecule has 0 atom stereocenters. The highest BCUT2D eigenvalue weighted by Gasteiger charge is 2.03. The maximum absolute atomic E-state index is 5.22. The number of hydrogen-bond donors (Lipinski definition) is 1. The molecule has 1 aromatic heterocycles. The molecule has 0 amide bonds. The van der Waals surface area contributed by atoms with Gasteiger partial charge in [0, 0.05) is 16.8 Å². The van der Waals surface area contributed by atoms with Crippen LogP contribution in [0.15, 0.2) is 24.3 Å². The molecule has 2 nitrogen and oxygen atoms in total. The summed E-state index contributed by atoms with van der Waals surface area (Å²) in [5.41, 5.74) is 4.44.